The Morgan fingerprint density at radius 1 is 1.53 bits per heavy atom. The first kappa shape index (κ1) is 12.2. The highest BCUT2D eigenvalue weighted by Gasteiger charge is 2.08. The highest BCUT2D eigenvalue weighted by molar-refractivity contribution is 9.10. The summed E-state index contributed by atoms with van der Waals surface area (Å²) in [6, 6.07) is 5.55. The van der Waals surface area contributed by atoms with E-state index in [1.165, 1.54) is 0 Å². The molecule has 0 radical (unpaired) electrons. The van der Waals surface area contributed by atoms with Gasteiger partial charge in [0.05, 0.1) is 6.61 Å². The molecule has 0 unspecified atom stereocenters. The summed E-state index contributed by atoms with van der Waals surface area (Å²) in [6.45, 7) is 3.39. The van der Waals surface area contributed by atoms with Crippen molar-refractivity contribution in [1.29, 1.82) is 0 Å². The number of aliphatic hydroxyl groups is 1. The number of benzene rings is 1. The van der Waals surface area contributed by atoms with Crippen molar-refractivity contribution < 1.29 is 9.90 Å². The lowest BCUT2D eigenvalue weighted by atomic mass is 10.1. The zero-order chi connectivity index (χ0) is 11.3. The zero-order valence-electron chi connectivity index (χ0n) is 8.61. The Labute approximate surface area is 97.8 Å². The van der Waals surface area contributed by atoms with Crippen LogP contribution in [0.3, 0.4) is 0 Å². The number of rotatable bonds is 5. The van der Waals surface area contributed by atoms with Gasteiger partial charge in [-0.1, -0.05) is 15.9 Å². The molecule has 0 amide bonds. The fourth-order valence-corrected chi connectivity index (χ4v) is 1.86. The van der Waals surface area contributed by atoms with Crippen LogP contribution in [0.15, 0.2) is 22.7 Å². The van der Waals surface area contributed by atoms with Gasteiger partial charge in [-0.2, -0.15) is 0 Å². The second-order valence-electron chi connectivity index (χ2n) is 3.12. The molecule has 0 heterocycles. The molecule has 0 atom stereocenters. The van der Waals surface area contributed by atoms with Crippen molar-refractivity contribution >= 4 is 27.9 Å². The van der Waals surface area contributed by atoms with Crippen LogP contribution in [0.25, 0.3) is 0 Å². The molecule has 4 heteroatoms. The maximum Gasteiger partial charge on any atom is 0.152 e. The Morgan fingerprint density at radius 3 is 2.80 bits per heavy atom. The summed E-state index contributed by atoms with van der Waals surface area (Å²) < 4.78 is 0.883. The number of carbonyl (C=O) groups excluding carboxylic acids is 1. The number of hydrogen-bond acceptors (Lipinski definition) is 3. The molecule has 0 saturated carbocycles. The topological polar surface area (TPSA) is 40.5 Å². The second-order valence-corrected chi connectivity index (χ2v) is 4.04. The van der Waals surface area contributed by atoms with Gasteiger partial charge in [0.15, 0.2) is 6.29 Å². The van der Waals surface area contributed by atoms with Crippen LogP contribution in [-0.4, -0.2) is 31.1 Å². The normalized spacial score (nSPS) is 10.1. The zero-order valence-corrected chi connectivity index (χ0v) is 10.2. The van der Waals surface area contributed by atoms with Crippen LogP contribution in [0, 0.1) is 0 Å². The number of halogens is 1. The SMILES string of the molecule is CCN(CCO)c1ccc(Br)cc1C=O. The van der Waals surface area contributed by atoms with Crippen molar-refractivity contribution in [3.63, 3.8) is 0 Å². The molecule has 0 aliphatic carbocycles. The van der Waals surface area contributed by atoms with E-state index < -0.39 is 0 Å². The molecule has 1 aromatic rings. The third-order valence-corrected chi connectivity index (χ3v) is 2.70. The van der Waals surface area contributed by atoms with E-state index >= 15 is 0 Å². The van der Waals surface area contributed by atoms with E-state index in [1.807, 2.05) is 24.0 Å². The summed E-state index contributed by atoms with van der Waals surface area (Å²) in [6.07, 6.45) is 0.833. The number of hydrogen-bond donors (Lipinski definition) is 1. The Bertz CT molecular complexity index is 341. The lowest BCUT2D eigenvalue weighted by molar-refractivity contribution is 0.112. The van der Waals surface area contributed by atoms with Gasteiger partial charge in [0, 0.05) is 28.8 Å². The average Bonchev–Trinajstić information content (AvgIpc) is 2.26. The highest BCUT2D eigenvalue weighted by atomic mass is 79.9. The smallest absolute Gasteiger partial charge is 0.152 e. The minimum absolute atomic E-state index is 0.0855. The molecular weight excluding hydrogens is 258 g/mol. The summed E-state index contributed by atoms with van der Waals surface area (Å²) in [4.78, 5) is 12.9. The van der Waals surface area contributed by atoms with Crippen LogP contribution in [0.2, 0.25) is 0 Å². The fraction of sp³-hybridized carbons (Fsp3) is 0.364. The third-order valence-electron chi connectivity index (χ3n) is 2.21. The van der Waals surface area contributed by atoms with Gasteiger partial charge >= 0.3 is 0 Å². The predicted molar refractivity (Wildman–Crippen MR) is 64.5 cm³/mol. The molecule has 1 rings (SSSR count). The van der Waals surface area contributed by atoms with E-state index in [-0.39, 0.29) is 6.61 Å². The molecule has 0 spiro atoms. The lowest BCUT2D eigenvalue weighted by Crippen LogP contribution is -2.27. The Morgan fingerprint density at radius 2 is 2.27 bits per heavy atom. The third kappa shape index (κ3) is 3.04. The van der Waals surface area contributed by atoms with Gasteiger partial charge in [0.1, 0.15) is 0 Å². The van der Waals surface area contributed by atoms with Gasteiger partial charge in [-0.3, -0.25) is 4.79 Å². The first-order valence-electron chi connectivity index (χ1n) is 4.83. The Kier molecular flexibility index (Phi) is 4.78. The van der Waals surface area contributed by atoms with Crippen LogP contribution < -0.4 is 4.90 Å². The minimum atomic E-state index is 0.0855. The van der Waals surface area contributed by atoms with Crippen molar-refractivity contribution in [2.45, 2.75) is 6.92 Å². The number of aldehydes is 1. The first-order valence-corrected chi connectivity index (χ1v) is 5.62. The molecule has 0 aliphatic heterocycles. The Hall–Kier alpha value is -0.870. The summed E-state index contributed by atoms with van der Waals surface area (Å²) in [5.41, 5.74) is 1.50. The van der Waals surface area contributed by atoms with Crippen molar-refractivity contribution in [1.82, 2.24) is 0 Å². The summed E-state index contributed by atoms with van der Waals surface area (Å²) >= 11 is 3.32. The molecular formula is C11H14BrNO2. The van der Waals surface area contributed by atoms with Crippen LogP contribution >= 0.6 is 15.9 Å². The van der Waals surface area contributed by atoms with E-state index in [0.717, 1.165) is 23.0 Å². The van der Waals surface area contributed by atoms with Crippen LogP contribution in [0.4, 0.5) is 5.69 Å². The summed E-state index contributed by atoms with van der Waals surface area (Å²) in [5.74, 6) is 0. The van der Waals surface area contributed by atoms with Gasteiger partial charge in [-0.05, 0) is 25.1 Å². The average molecular weight is 272 g/mol. The van der Waals surface area contributed by atoms with Crippen molar-refractivity contribution in [2.75, 3.05) is 24.6 Å². The van der Waals surface area contributed by atoms with Crippen LogP contribution in [-0.2, 0) is 0 Å². The Balaban J connectivity index is 3.04. The van der Waals surface area contributed by atoms with E-state index in [2.05, 4.69) is 15.9 Å². The highest BCUT2D eigenvalue weighted by Crippen LogP contribution is 2.22. The van der Waals surface area contributed by atoms with Gasteiger partial charge < -0.3 is 10.0 Å². The first-order chi connectivity index (χ1) is 7.22. The minimum Gasteiger partial charge on any atom is -0.395 e. The van der Waals surface area contributed by atoms with Crippen molar-refractivity contribution in [2.24, 2.45) is 0 Å². The van der Waals surface area contributed by atoms with Crippen molar-refractivity contribution in [3.05, 3.63) is 28.2 Å². The second kappa shape index (κ2) is 5.88. The molecule has 1 N–H and O–H groups in total. The molecule has 3 nitrogen and oxygen atoms in total. The van der Waals surface area contributed by atoms with Crippen molar-refractivity contribution in [3.8, 4) is 0 Å². The quantitative estimate of drug-likeness (QED) is 0.834. The maximum atomic E-state index is 10.9. The van der Waals surface area contributed by atoms with E-state index in [1.54, 1.807) is 6.07 Å². The number of carbonyl (C=O) groups is 1. The molecule has 0 aliphatic rings. The number of aliphatic hydroxyl groups excluding tert-OH is 1. The molecule has 0 aromatic heterocycles. The van der Waals surface area contributed by atoms with Gasteiger partial charge in [0.2, 0.25) is 0 Å². The molecule has 15 heavy (non-hydrogen) atoms. The van der Waals surface area contributed by atoms with E-state index in [9.17, 15) is 4.79 Å². The molecule has 0 fully saturated rings. The largest absolute Gasteiger partial charge is 0.395 e. The van der Waals surface area contributed by atoms with E-state index in [0.29, 0.717) is 12.1 Å². The van der Waals surface area contributed by atoms with Gasteiger partial charge in [-0.15, -0.1) is 0 Å². The summed E-state index contributed by atoms with van der Waals surface area (Å²) in [5, 5.41) is 8.91. The molecule has 1 aromatic carbocycles. The molecule has 0 bridgehead atoms. The standard InChI is InChI=1S/C11H14BrNO2/c1-2-13(5-6-14)11-4-3-10(12)7-9(11)8-15/h3-4,7-8,14H,2,5-6H2,1H3. The number of anilines is 1. The van der Waals surface area contributed by atoms with Gasteiger partial charge in [0.25, 0.3) is 0 Å². The van der Waals surface area contributed by atoms with E-state index in [4.69, 9.17) is 5.11 Å². The number of nitrogens with zero attached hydrogens (tertiary/aromatic N) is 1. The summed E-state index contributed by atoms with van der Waals surface area (Å²) in [7, 11) is 0. The van der Waals surface area contributed by atoms with Crippen LogP contribution in [0.1, 0.15) is 17.3 Å². The van der Waals surface area contributed by atoms with Crippen LogP contribution in [0.5, 0.6) is 0 Å². The van der Waals surface area contributed by atoms with Gasteiger partial charge in [-0.25, -0.2) is 0 Å². The molecule has 0 saturated heterocycles. The lowest BCUT2D eigenvalue weighted by Gasteiger charge is -2.23. The maximum absolute atomic E-state index is 10.9. The molecule has 82 valence electrons. The predicted octanol–water partition coefficient (Wildman–Crippen LogP) is 2.08. The fourth-order valence-electron chi connectivity index (χ4n) is 1.48. The number of likely N-dealkylation sites (N-methyl/N-ethyl adjacent to an activating group) is 1. The monoisotopic (exact) mass is 271 g/mol.